The molecule has 2 fully saturated rings. The average molecular weight is 378 g/mol. The lowest BCUT2D eigenvalue weighted by Gasteiger charge is -2.48. The van der Waals surface area contributed by atoms with E-state index in [1.165, 1.54) is 0 Å². The molecule has 2 saturated heterocycles. The van der Waals surface area contributed by atoms with Crippen molar-refractivity contribution < 1.29 is 33.5 Å². The normalized spacial score (nSPS) is 33.2. The van der Waals surface area contributed by atoms with E-state index in [0.717, 1.165) is 5.56 Å². The van der Waals surface area contributed by atoms with Crippen molar-refractivity contribution in [2.24, 2.45) is 0 Å². The lowest BCUT2D eigenvalue weighted by molar-refractivity contribution is -0.365. The summed E-state index contributed by atoms with van der Waals surface area (Å²) in [6, 6.07) is 6.70. The smallest absolute Gasteiger partial charge is 0.186 e. The second-order valence-corrected chi connectivity index (χ2v) is 6.31. The van der Waals surface area contributed by atoms with Crippen molar-refractivity contribution in [2.75, 3.05) is 26.9 Å². The minimum Gasteiger partial charge on any atom is -0.508 e. The SMILES string of the molecule is C=CCO[C@@H]1[C@@H](OCC=C)[C@@H](OC)O[C@@H]2COC(c3ccc(O)cc3)O[C@@H]12. The fourth-order valence-electron chi connectivity index (χ4n) is 3.26. The third-order valence-corrected chi connectivity index (χ3v) is 4.49. The topological polar surface area (TPSA) is 75.6 Å². The van der Waals surface area contributed by atoms with E-state index in [2.05, 4.69) is 13.2 Å². The Morgan fingerprint density at radius 3 is 2.37 bits per heavy atom. The van der Waals surface area contributed by atoms with Gasteiger partial charge < -0.3 is 33.5 Å². The van der Waals surface area contributed by atoms with Crippen LogP contribution in [0.2, 0.25) is 0 Å². The monoisotopic (exact) mass is 378 g/mol. The summed E-state index contributed by atoms with van der Waals surface area (Å²) in [6.07, 6.45) is 0.424. The molecular weight excluding hydrogens is 352 g/mol. The molecule has 0 bridgehead atoms. The van der Waals surface area contributed by atoms with Crippen molar-refractivity contribution in [1.82, 2.24) is 0 Å². The van der Waals surface area contributed by atoms with Gasteiger partial charge in [0, 0.05) is 12.7 Å². The summed E-state index contributed by atoms with van der Waals surface area (Å²) in [7, 11) is 1.56. The van der Waals surface area contributed by atoms with E-state index in [1.54, 1.807) is 43.5 Å². The summed E-state index contributed by atoms with van der Waals surface area (Å²) in [5.41, 5.74) is 0.797. The number of phenolic OH excluding ortho intramolecular Hbond substituents is 1. The van der Waals surface area contributed by atoms with E-state index >= 15 is 0 Å². The van der Waals surface area contributed by atoms with E-state index in [-0.39, 0.29) is 11.9 Å². The maximum atomic E-state index is 9.49. The summed E-state index contributed by atoms with van der Waals surface area (Å²) in [6.45, 7) is 8.39. The molecule has 7 nitrogen and oxygen atoms in total. The maximum Gasteiger partial charge on any atom is 0.186 e. The molecule has 7 heteroatoms. The predicted molar refractivity (Wildman–Crippen MR) is 97.2 cm³/mol. The first-order valence-electron chi connectivity index (χ1n) is 8.87. The van der Waals surface area contributed by atoms with Crippen LogP contribution in [0.1, 0.15) is 11.9 Å². The van der Waals surface area contributed by atoms with Crippen LogP contribution in [0.3, 0.4) is 0 Å². The average Bonchev–Trinajstić information content (AvgIpc) is 2.70. The van der Waals surface area contributed by atoms with E-state index < -0.39 is 30.9 Å². The molecular formula is C20H26O7. The number of rotatable bonds is 8. The van der Waals surface area contributed by atoms with Crippen LogP contribution in [0.25, 0.3) is 0 Å². The molecule has 6 atom stereocenters. The van der Waals surface area contributed by atoms with Gasteiger partial charge in [0.1, 0.15) is 30.2 Å². The van der Waals surface area contributed by atoms with Gasteiger partial charge in [-0.2, -0.15) is 0 Å². The molecule has 1 aromatic rings. The van der Waals surface area contributed by atoms with Gasteiger partial charge >= 0.3 is 0 Å². The Labute approximate surface area is 159 Å². The molecule has 3 rings (SSSR count). The van der Waals surface area contributed by atoms with E-state index in [4.69, 9.17) is 28.4 Å². The Morgan fingerprint density at radius 1 is 1.07 bits per heavy atom. The number of ether oxygens (including phenoxy) is 6. The van der Waals surface area contributed by atoms with Crippen LogP contribution in [-0.4, -0.2) is 62.7 Å². The second kappa shape index (κ2) is 9.45. The molecule has 0 spiro atoms. The minimum atomic E-state index is -0.613. The van der Waals surface area contributed by atoms with Crippen LogP contribution in [-0.2, 0) is 28.4 Å². The van der Waals surface area contributed by atoms with Gasteiger partial charge in [-0.05, 0) is 12.1 Å². The number of benzene rings is 1. The fraction of sp³-hybridized carbons (Fsp3) is 0.500. The van der Waals surface area contributed by atoms with Gasteiger partial charge in [0.15, 0.2) is 12.6 Å². The van der Waals surface area contributed by atoms with Gasteiger partial charge in [0.2, 0.25) is 0 Å². The highest BCUT2D eigenvalue weighted by Gasteiger charge is 2.51. The molecule has 1 unspecified atom stereocenters. The molecule has 1 aromatic carbocycles. The van der Waals surface area contributed by atoms with Crippen molar-refractivity contribution in [2.45, 2.75) is 37.0 Å². The third-order valence-electron chi connectivity index (χ3n) is 4.49. The van der Waals surface area contributed by atoms with Crippen molar-refractivity contribution in [1.29, 1.82) is 0 Å². The number of aromatic hydroxyl groups is 1. The molecule has 0 aromatic heterocycles. The van der Waals surface area contributed by atoms with Gasteiger partial charge in [0.05, 0.1) is 19.8 Å². The summed E-state index contributed by atoms with van der Waals surface area (Å²) in [5.74, 6) is 0.182. The quantitative estimate of drug-likeness (QED) is 0.696. The van der Waals surface area contributed by atoms with E-state index in [1.807, 2.05) is 0 Å². The molecule has 0 saturated carbocycles. The van der Waals surface area contributed by atoms with Crippen molar-refractivity contribution in [3.8, 4) is 5.75 Å². The Morgan fingerprint density at radius 2 is 1.74 bits per heavy atom. The van der Waals surface area contributed by atoms with Crippen LogP contribution in [0, 0.1) is 0 Å². The highest BCUT2D eigenvalue weighted by Crippen LogP contribution is 2.36. The summed E-state index contributed by atoms with van der Waals surface area (Å²) in [4.78, 5) is 0. The Kier molecular flexibility index (Phi) is 7.01. The fourth-order valence-corrected chi connectivity index (χ4v) is 3.26. The zero-order valence-corrected chi connectivity index (χ0v) is 15.4. The number of hydrogen-bond donors (Lipinski definition) is 1. The second-order valence-electron chi connectivity index (χ2n) is 6.31. The molecule has 2 aliphatic rings. The lowest BCUT2D eigenvalue weighted by Crippen LogP contribution is -2.63. The van der Waals surface area contributed by atoms with Crippen LogP contribution in [0.5, 0.6) is 5.75 Å². The summed E-state index contributed by atoms with van der Waals surface area (Å²) in [5, 5.41) is 9.49. The van der Waals surface area contributed by atoms with Crippen molar-refractivity contribution in [3.63, 3.8) is 0 Å². The van der Waals surface area contributed by atoms with Crippen LogP contribution in [0.15, 0.2) is 49.6 Å². The molecule has 0 radical (unpaired) electrons. The van der Waals surface area contributed by atoms with E-state index in [9.17, 15) is 5.11 Å². The molecule has 0 amide bonds. The zero-order chi connectivity index (χ0) is 19.2. The minimum absolute atomic E-state index is 0.182. The van der Waals surface area contributed by atoms with Crippen molar-refractivity contribution >= 4 is 0 Å². The number of hydrogen-bond acceptors (Lipinski definition) is 7. The predicted octanol–water partition coefficient (Wildman–Crippen LogP) is 2.32. The highest BCUT2D eigenvalue weighted by molar-refractivity contribution is 5.26. The van der Waals surface area contributed by atoms with E-state index in [0.29, 0.717) is 19.8 Å². The zero-order valence-electron chi connectivity index (χ0n) is 15.4. The Balaban J connectivity index is 1.81. The first kappa shape index (κ1) is 20.0. The standard InChI is InChI=1S/C20H26O7/c1-4-10-23-17-16-15(26-20(22-3)18(17)24-11-5-2)12-25-19(27-16)13-6-8-14(21)9-7-13/h4-9,15-21H,1-2,10-12H2,3H3/t15-,16-,17+,18-,19?,20+/m1/s1. The molecule has 0 aliphatic carbocycles. The van der Waals surface area contributed by atoms with Gasteiger partial charge in [-0.25, -0.2) is 0 Å². The van der Waals surface area contributed by atoms with Crippen LogP contribution < -0.4 is 0 Å². The maximum absolute atomic E-state index is 9.49. The molecule has 2 heterocycles. The van der Waals surface area contributed by atoms with Gasteiger partial charge in [-0.1, -0.05) is 24.3 Å². The van der Waals surface area contributed by atoms with Gasteiger partial charge in [-0.15, -0.1) is 13.2 Å². The number of methoxy groups -OCH3 is 1. The Hall–Kier alpha value is -1.74. The third kappa shape index (κ3) is 4.57. The highest BCUT2D eigenvalue weighted by atomic mass is 16.8. The summed E-state index contributed by atoms with van der Waals surface area (Å²) < 4.78 is 35.3. The molecule has 148 valence electrons. The van der Waals surface area contributed by atoms with Crippen LogP contribution in [0.4, 0.5) is 0 Å². The van der Waals surface area contributed by atoms with Crippen LogP contribution >= 0.6 is 0 Å². The first-order valence-corrected chi connectivity index (χ1v) is 8.87. The molecule has 1 N–H and O–H groups in total. The van der Waals surface area contributed by atoms with Gasteiger partial charge in [0.25, 0.3) is 0 Å². The number of fused-ring (bicyclic) bond motifs is 1. The van der Waals surface area contributed by atoms with Gasteiger partial charge in [-0.3, -0.25) is 0 Å². The molecule has 2 aliphatic heterocycles. The first-order chi connectivity index (χ1) is 13.2. The Bertz CT molecular complexity index is 617. The lowest BCUT2D eigenvalue weighted by atomic mass is 9.97. The summed E-state index contributed by atoms with van der Waals surface area (Å²) >= 11 is 0. The molecule has 27 heavy (non-hydrogen) atoms. The number of phenols is 1. The largest absolute Gasteiger partial charge is 0.508 e. The van der Waals surface area contributed by atoms with Crippen molar-refractivity contribution in [3.05, 3.63) is 55.1 Å².